The summed E-state index contributed by atoms with van der Waals surface area (Å²) >= 11 is 0. The summed E-state index contributed by atoms with van der Waals surface area (Å²) in [5, 5.41) is 7.58. The van der Waals surface area contributed by atoms with Crippen LogP contribution in [0.15, 0.2) is 36.9 Å². The number of hydrogen-bond acceptors (Lipinski definition) is 3. The van der Waals surface area contributed by atoms with Crippen LogP contribution in [0.2, 0.25) is 0 Å². The number of rotatable bonds is 4. The molecule has 4 nitrogen and oxygen atoms in total. The molecule has 1 fully saturated rings. The van der Waals surface area contributed by atoms with Gasteiger partial charge in [-0.2, -0.15) is 5.10 Å². The van der Waals surface area contributed by atoms with Gasteiger partial charge in [-0.3, -0.25) is 0 Å². The minimum Gasteiger partial charge on any atom is -0.310 e. The molecule has 1 aromatic carbocycles. The van der Waals surface area contributed by atoms with Crippen molar-refractivity contribution >= 4 is 0 Å². The summed E-state index contributed by atoms with van der Waals surface area (Å²) in [7, 11) is 0. The Kier molecular flexibility index (Phi) is 2.42. The second-order valence-electron chi connectivity index (χ2n) is 4.16. The van der Waals surface area contributed by atoms with Crippen LogP contribution in [0.4, 0.5) is 0 Å². The zero-order valence-corrected chi connectivity index (χ0v) is 9.00. The summed E-state index contributed by atoms with van der Waals surface area (Å²) in [4.78, 5) is 3.93. The van der Waals surface area contributed by atoms with E-state index in [1.165, 1.54) is 18.4 Å². The van der Waals surface area contributed by atoms with Gasteiger partial charge in [-0.15, -0.1) is 0 Å². The fourth-order valence-electron chi connectivity index (χ4n) is 1.66. The minimum atomic E-state index is 0.759. The van der Waals surface area contributed by atoms with Crippen molar-refractivity contribution in [2.45, 2.75) is 25.4 Å². The van der Waals surface area contributed by atoms with Crippen molar-refractivity contribution in [2.75, 3.05) is 0 Å². The topological polar surface area (TPSA) is 42.7 Å². The lowest BCUT2D eigenvalue weighted by Gasteiger charge is -2.04. The maximum Gasteiger partial charge on any atom is 0.138 e. The van der Waals surface area contributed by atoms with Gasteiger partial charge in [0, 0.05) is 12.6 Å². The van der Waals surface area contributed by atoms with Crippen molar-refractivity contribution in [1.29, 1.82) is 0 Å². The average Bonchev–Trinajstić information content (AvgIpc) is 3.00. The first-order valence-electron chi connectivity index (χ1n) is 5.59. The molecule has 0 spiro atoms. The van der Waals surface area contributed by atoms with Crippen LogP contribution in [0.5, 0.6) is 0 Å². The zero-order chi connectivity index (χ0) is 10.8. The van der Waals surface area contributed by atoms with Crippen LogP contribution in [-0.4, -0.2) is 20.8 Å². The molecule has 4 heteroatoms. The van der Waals surface area contributed by atoms with Gasteiger partial charge in [0.2, 0.25) is 0 Å². The van der Waals surface area contributed by atoms with E-state index in [1.807, 2.05) is 0 Å². The molecule has 0 amide bonds. The van der Waals surface area contributed by atoms with Crippen LogP contribution in [0, 0.1) is 0 Å². The molecule has 16 heavy (non-hydrogen) atoms. The van der Waals surface area contributed by atoms with E-state index in [9.17, 15) is 0 Å². The van der Waals surface area contributed by atoms with Gasteiger partial charge in [-0.25, -0.2) is 9.67 Å². The highest BCUT2D eigenvalue weighted by molar-refractivity contribution is 5.33. The van der Waals surface area contributed by atoms with E-state index in [2.05, 4.69) is 39.7 Å². The van der Waals surface area contributed by atoms with Crippen molar-refractivity contribution in [1.82, 2.24) is 20.1 Å². The second kappa shape index (κ2) is 4.06. The van der Waals surface area contributed by atoms with E-state index < -0.39 is 0 Å². The molecule has 0 aliphatic heterocycles. The van der Waals surface area contributed by atoms with Gasteiger partial charge in [0.15, 0.2) is 0 Å². The highest BCUT2D eigenvalue weighted by atomic mass is 15.3. The first-order valence-corrected chi connectivity index (χ1v) is 5.59. The Morgan fingerprint density at radius 3 is 2.69 bits per heavy atom. The molecule has 0 radical (unpaired) electrons. The van der Waals surface area contributed by atoms with Crippen molar-refractivity contribution in [2.24, 2.45) is 0 Å². The molecule has 1 N–H and O–H groups in total. The Labute approximate surface area is 94.3 Å². The van der Waals surface area contributed by atoms with E-state index in [0.29, 0.717) is 0 Å². The molecule has 1 saturated carbocycles. The number of aromatic nitrogens is 3. The summed E-state index contributed by atoms with van der Waals surface area (Å²) in [6, 6.07) is 9.16. The molecule has 3 rings (SSSR count). The Bertz CT molecular complexity index is 442. The monoisotopic (exact) mass is 214 g/mol. The number of nitrogens with one attached hydrogen (secondary N) is 1. The van der Waals surface area contributed by atoms with E-state index in [-0.39, 0.29) is 0 Å². The summed E-state index contributed by atoms with van der Waals surface area (Å²) in [6.45, 7) is 0.961. The van der Waals surface area contributed by atoms with E-state index in [1.54, 1.807) is 17.3 Å². The van der Waals surface area contributed by atoms with Gasteiger partial charge in [-0.1, -0.05) is 12.1 Å². The number of benzene rings is 1. The molecule has 0 unspecified atom stereocenters. The Morgan fingerprint density at radius 2 is 2.06 bits per heavy atom. The number of hydrogen-bond donors (Lipinski definition) is 1. The molecule has 0 bridgehead atoms. The molecule has 0 atom stereocenters. The highest BCUT2D eigenvalue weighted by Gasteiger charge is 2.19. The van der Waals surface area contributed by atoms with Crippen molar-refractivity contribution in [3.63, 3.8) is 0 Å². The molecule has 1 aliphatic rings. The van der Waals surface area contributed by atoms with Gasteiger partial charge < -0.3 is 5.32 Å². The quantitative estimate of drug-likeness (QED) is 0.839. The third-order valence-electron chi connectivity index (χ3n) is 2.79. The molecule has 2 aromatic rings. The lowest BCUT2D eigenvalue weighted by atomic mass is 10.2. The standard InChI is InChI=1S/C12H14N4/c1-5-12(16-9-13-8-15-16)6-2-10(1)7-14-11-3-4-11/h1-2,5-6,8-9,11,14H,3-4,7H2. The van der Waals surface area contributed by atoms with Crippen LogP contribution in [0.3, 0.4) is 0 Å². The first kappa shape index (κ1) is 9.54. The summed E-state index contributed by atoms with van der Waals surface area (Å²) in [5.41, 5.74) is 2.36. The SMILES string of the molecule is c1ncn(-c2ccc(CNC3CC3)cc2)n1. The predicted molar refractivity (Wildman–Crippen MR) is 61.2 cm³/mol. The molecular formula is C12H14N4. The molecule has 1 heterocycles. The average molecular weight is 214 g/mol. The van der Waals surface area contributed by atoms with Gasteiger partial charge in [0.25, 0.3) is 0 Å². The minimum absolute atomic E-state index is 0.759. The van der Waals surface area contributed by atoms with Crippen LogP contribution in [0.1, 0.15) is 18.4 Å². The smallest absolute Gasteiger partial charge is 0.138 e. The van der Waals surface area contributed by atoms with Crippen molar-refractivity contribution in [3.8, 4) is 5.69 Å². The maximum atomic E-state index is 4.09. The van der Waals surface area contributed by atoms with Crippen molar-refractivity contribution < 1.29 is 0 Å². The Morgan fingerprint density at radius 1 is 1.25 bits per heavy atom. The molecule has 1 aromatic heterocycles. The van der Waals surface area contributed by atoms with E-state index >= 15 is 0 Å². The molecule has 1 aliphatic carbocycles. The fourth-order valence-corrected chi connectivity index (χ4v) is 1.66. The van der Waals surface area contributed by atoms with Crippen molar-refractivity contribution in [3.05, 3.63) is 42.5 Å². The first-order chi connectivity index (χ1) is 7.92. The van der Waals surface area contributed by atoms with Gasteiger partial charge in [0.05, 0.1) is 5.69 Å². The zero-order valence-electron chi connectivity index (χ0n) is 9.00. The van der Waals surface area contributed by atoms with Gasteiger partial charge >= 0.3 is 0 Å². The lowest BCUT2D eigenvalue weighted by Crippen LogP contribution is -2.15. The third kappa shape index (κ3) is 2.12. The highest BCUT2D eigenvalue weighted by Crippen LogP contribution is 2.19. The normalized spacial score (nSPS) is 15.2. The fraction of sp³-hybridized carbons (Fsp3) is 0.333. The number of nitrogens with zero attached hydrogens (tertiary/aromatic N) is 3. The predicted octanol–water partition coefficient (Wildman–Crippen LogP) is 1.52. The molecule has 0 saturated heterocycles. The van der Waals surface area contributed by atoms with Crippen LogP contribution in [0.25, 0.3) is 5.69 Å². The van der Waals surface area contributed by atoms with Gasteiger partial charge in [0.1, 0.15) is 12.7 Å². The Balaban J connectivity index is 1.69. The van der Waals surface area contributed by atoms with Crippen LogP contribution in [-0.2, 0) is 6.54 Å². The lowest BCUT2D eigenvalue weighted by molar-refractivity contribution is 0.687. The molecule has 82 valence electrons. The van der Waals surface area contributed by atoms with Gasteiger partial charge in [-0.05, 0) is 30.5 Å². The largest absolute Gasteiger partial charge is 0.310 e. The van der Waals surface area contributed by atoms with Crippen LogP contribution < -0.4 is 5.32 Å². The Hall–Kier alpha value is -1.68. The maximum absolute atomic E-state index is 4.09. The summed E-state index contributed by atoms with van der Waals surface area (Å²) in [6.07, 6.45) is 5.91. The second-order valence-corrected chi connectivity index (χ2v) is 4.16. The molecular weight excluding hydrogens is 200 g/mol. The third-order valence-corrected chi connectivity index (χ3v) is 2.79. The van der Waals surface area contributed by atoms with E-state index in [4.69, 9.17) is 0 Å². The summed E-state index contributed by atoms with van der Waals surface area (Å²) in [5.74, 6) is 0. The summed E-state index contributed by atoms with van der Waals surface area (Å²) < 4.78 is 1.76. The van der Waals surface area contributed by atoms with E-state index in [0.717, 1.165) is 18.3 Å². The van der Waals surface area contributed by atoms with Crippen LogP contribution >= 0.6 is 0 Å².